The van der Waals surface area contributed by atoms with Crippen LogP contribution >= 0.6 is 0 Å². The number of anilines is 1. The van der Waals surface area contributed by atoms with Crippen LogP contribution in [0.5, 0.6) is 0 Å². The van der Waals surface area contributed by atoms with Crippen molar-refractivity contribution in [1.82, 2.24) is 10.2 Å². The molecule has 1 aromatic carbocycles. The molecular formula is C14H16FN3O. The van der Waals surface area contributed by atoms with Gasteiger partial charge in [0, 0.05) is 17.8 Å². The highest BCUT2D eigenvalue weighted by molar-refractivity contribution is 5.90. The summed E-state index contributed by atoms with van der Waals surface area (Å²) in [6, 6.07) is 5.87. The quantitative estimate of drug-likeness (QED) is 0.889. The molecule has 0 radical (unpaired) electrons. The first-order valence-corrected chi connectivity index (χ1v) is 6.12. The highest BCUT2D eigenvalue weighted by atomic mass is 19.1. The number of nitrogens with zero attached hydrogens (tertiary/aromatic N) is 1. The fourth-order valence-corrected chi connectivity index (χ4v) is 1.97. The Morgan fingerprint density at radius 2 is 2.21 bits per heavy atom. The van der Waals surface area contributed by atoms with Gasteiger partial charge in [0.2, 0.25) is 5.91 Å². The number of aromatic nitrogens is 2. The molecule has 0 aliphatic rings. The van der Waals surface area contributed by atoms with Gasteiger partial charge in [-0.15, -0.1) is 0 Å². The van der Waals surface area contributed by atoms with E-state index in [1.54, 1.807) is 12.1 Å². The van der Waals surface area contributed by atoms with Crippen LogP contribution in [0.15, 0.2) is 24.3 Å². The summed E-state index contributed by atoms with van der Waals surface area (Å²) in [5.74, 6) is -0.495. The van der Waals surface area contributed by atoms with Crippen LogP contribution in [-0.4, -0.2) is 16.1 Å². The summed E-state index contributed by atoms with van der Waals surface area (Å²) < 4.78 is 13.0. The summed E-state index contributed by atoms with van der Waals surface area (Å²) in [6.45, 7) is 3.84. The maximum absolute atomic E-state index is 13.0. The topological polar surface area (TPSA) is 57.8 Å². The van der Waals surface area contributed by atoms with Crippen LogP contribution < -0.4 is 5.32 Å². The second-order valence-electron chi connectivity index (χ2n) is 4.47. The Labute approximate surface area is 111 Å². The molecular weight excluding hydrogens is 245 g/mol. The minimum Gasteiger partial charge on any atom is -0.326 e. The molecule has 1 aromatic heterocycles. The van der Waals surface area contributed by atoms with Crippen LogP contribution in [0.4, 0.5) is 10.1 Å². The predicted octanol–water partition coefficient (Wildman–Crippen LogP) is 2.74. The Morgan fingerprint density at radius 1 is 1.42 bits per heavy atom. The van der Waals surface area contributed by atoms with Crippen molar-refractivity contribution in [2.24, 2.45) is 0 Å². The second-order valence-corrected chi connectivity index (χ2v) is 4.47. The molecule has 0 fully saturated rings. The van der Waals surface area contributed by atoms with Crippen LogP contribution in [0, 0.1) is 19.7 Å². The molecule has 4 nitrogen and oxygen atoms in total. The van der Waals surface area contributed by atoms with E-state index in [2.05, 4.69) is 15.5 Å². The number of carbonyl (C=O) groups excluding carboxylic acids is 1. The molecule has 0 spiro atoms. The largest absolute Gasteiger partial charge is 0.326 e. The smallest absolute Gasteiger partial charge is 0.224 e. The molecule has 100 valence electrons. The molecule has 0 saturated heterocycles. The van der Waals surface area contributed by atoms with E-state index >= 15 is 0 Å². The van der Waals surface area contributed by atoms with Crippen LogP contribution in [-0.2, 0) is 11.2 Å². The van der Waals surface area contributed by atoms with Crippen LogP contribution in [0.25, 0.3) is 0 Å². The van der Waals surface area contributed by atoms with E-state index in [-0.39, 0.29) is 11.7 Å². The van der Waals surface area contributed by atoms with E-state index in [9.17, 15) is 9.18 Å². The highest BCUT2D eigenvalue weighted by Crippen LogP contribution is 2.13. The Hall–Kier alpha value is -2.17. The van der Waals surface area contributed by atoms with Gasteiger partial charge in [-0.2, -0.15) is 5.10 Å². The van der Waals surface area contributed by atoms with Gasteiger partial charge < -0.3 is 5.32 Å². The Balaban J connectivity index is 1.92. The van der Waals surface area contributed by atoms with Crippen molar-refractivity contribution in [1.29, 1.82) is 0 Å². The average Bonchev–Trinajstić information content (AvgIpc) is 2.67. The molecule has 2 rings (SSSR count). The summed E-state index contributed by atoms with van der Waals surface area (Å²) in [5.41, 5.74) is 3.44. The highest BCUT2D eigenvalue weighted by Gasteiger charge is 2.09. The van der Waals surface area contributed by atoms with E-state index in [1.807, 2.05) is 13.8 Å². The standard InChI is InChI=1S/C14H16FN3O/c1-9-13(10(2)18-17-9)6-7-14(19)16-12-5-3-4-11(15)8-12/h3-5,8H,6-7H2,1-2H3,(H,16,19)(H,17,18). The number of hydrogen-bond donors (Lipinski definition) is 2. The fourth-order valence-electron chi connectivity index (χ4n) is 1.97. The van der Waals surface area contributed by atoms with E-state index in [0.717, 1.165) is 17.0 Å². The fraction of sp³-hybridized carbons (Fsp3) is 0.286. The number of carbonyl (C=O) groups is 1. The third-order valence-electron chi connectivity index (χ3n) is 2.99. The van der Waals surface area contributed by atoms with Crippen molar-refractivity contribution < 1.29 is 9.18 Å². The number of amides is 1. The van der Waals surface area contributed by atoms with Gasteiger partial charge in [0.1, 0.15) is 5.82 Å². The number of aryl methyl sites for hydroxylation is 2. The van der Waals surface area contributed by atoms with Crippen LogP contribution in [0.3, 0.4) is 0 Å². The van der Waals surface area contributed by atoms with Gasteiger partial charge in [0.25, 0.3) is 0 Å². The van der Waals surface area contributed by atoms with E-state index in [1.165, 1.54) is 12.1 Å². The van der Waals surface area contributed by atoms with E-state index < -0.39 is 0 Å². The molecule has 0 bridgehead atoms. The van der Waals surface area contributed by atoms with Gasteiger partial charge in [-0.3, -0.25) is 9.89 Å². The number of aromatic amines is 1. The molecule has 1 amide bonds. The van der Waals surface area contributed by atoms with Crippen molar-refractivity contribution in [2.45, 2.75) is 26.7 Å². The zero-order valence-corrected chi connectivity index (χ0v) is 11.0. The number of rotatable bonds is 4. The van der Waals surface area contributed by atoms with Gasteiger partial charge in [0.15, 0.2) is 0 Å². The zero-order chi connectivity index (χ0) is 13.8. The average molecular weight is 261 g/mol. The zero-order valence-electron chi connectivity index (χ0n) is 11.0. The van der Waals surface area contributed by atoms with Gasteiger partial charge in [0.05, 0.1) is 5.69 Å². The molecule has 5 heteroatoms. The maximum atomic E-state index is 13.0. The summed E-state index contributed by atoms with van der Waals surface area (Å²) in [6.07, 6.45) is 0.965. The third kappa shape index (κ3) is 3.40. The summed E-state index contributed by atoms with van der Waals surface area (Å²) in [7, 11) is 0. The molecule has 1 heterocycles. The first-order chi connectivity index (χ1) is 9.06. The molecule has 2 aromatic rings. The van der Waals surface area contributed by atoms with Crippen molar-refractivity contribution in [3.63, 3.8) is 0 Å². The molecule has 0 aliphatic carbocycles. The summed E-state index contributed by atoms with van der Waals surface area (Å²) in [5, 5.41) is 9.64. The minimum atomic E-state index is -0.362. The van der Waals surface area contributed by atoms with Crippen molar-refractivity contribution in [3.8, 4) is 0 Å². The number of hydrogen-bond acceptors (Lipinski definition) is 2. The lowest BCUT2D eigenvalue weighted by Gasteiger charge is -2.05. The Morgan fingerprint density at radius 3 is 2.84 bits per heavy atom. The van der Waals surface area contributed by atoms with Crippen molar-refractivity contribution in [3.05, 3.63) is 47.0 Å². The summed E-state index contributed by atoms with van der Waals surface area (Å²) in [4.78, 5) is 11.8. The number of H-pyrrole nitrogens is 1. The monoisotopic (exact) mass is 261 g/mol. The third-order valence-corrected chi connectivity index (χ3v) is 2.99. The lowest BCUT2D eigenvalue weighted by Crippen LogP contribution is -2.12. The van der Waals surface area contributed by atoms with Crippen molar-refractivity contribution >= 4 is 11.6 Å². The summed E-state index contributed by atoms with van der Waals surface area (Å²) >= 11 is 0. The Kier molecular flexibility index (Phi) is 3.94. The maximum Gasteiger partial charge on any atom is 0.224 e. The van der Waals surface area contributed by atoms with Crippen molar-refractivity contribution in [2.75, 3.05) is 5.32 Å². The molecule has 19 heavy (non-hydrogen) atoms. The first kappa shape index (κ1) is 13.3. The van der Waals surface area contributed by atoms with Crippen LogP contribution in [0.1, 0.15) is 23.4 Å². The lowest BCUT2D eigenvalue weighted by atomic mass is 10.1. The Bertz CT molecular complexity index is 573. The first-order valence-electron chi connectivity index (χ1n) is 6.12. The number of benzene rings is 1. The van der Waals surface area contributed by atoms with Gasteiger partial charge >= 0.3 is 0 Å². The molecule has 2 N–H and O–H groups in total. The van der Waals surface area contributed by atoms with E-state index in [4.69, 9.17) is 0 Å². The molecule has 0 unspecified atom stereocenters. The van der Waals surface area contributed by atoms with Crippen LogP contribution in [0.2, 0.25) is 0 Å². The number of nitrogens with one attached hydrogen (secondary N) is 2. The van der Waals surface area contributed by atoms with Gasteiger partial charge in [-0.05, 0) is 44.0 Å². The number of halogens is 1. The molecule has 0 aliphatic heterocycles. The lowest BCUT2D eigenvalue weighted by molar-refractivity contribution is -0.116. The molecule has 0 atom stereocenters. The van der Waals surface area contributed by atoms with E-state index in [0.29, 0.717) is 18.5 Å². The van der Waals surface area contributed by atoms with Gasteiger partial charge in [-0.25, -0.2) is 4.39 Å². The predicted molar refractivity (Wildman–Crippen MR) is 71.4 cm³/mol. The normalized spacial score (nSPS) is 10.5. The minimum absolute atomic E-state index is 0.134. The molecule has 0 saturated carbocycles. The second kappa shape index (κ2) is 5.65. The van der Waals surface area contributed by atoms with Gasteiger partial charge in [-0.1, -0.05) is 6.07 Å². The SMILES string of the molecule is Cc1n[nH]c(C)c1CCC(=O)Nc1cccc(F)c1.